The van der Waals surface area contributed by atoms with E-state index < -0.39 is 23.3 Å². The van der Waals surface area contributed by atoms with Gasteiger partial charge in [-0.25, -0.2) is 0 Å². The van der Waals surface area contributed by atoms with Gasteiger partial charge in [-0.05, 0) is 111 Å². The summed E-state index contributed by atoms with van der Waals surface area (Å²) < 4.78 is 5.92. The minimum atomic E-state index is -1.01. The fourth-order valence-corrected chi connectivity index (χ4v) is 11.4. The summed E-state index contributed by atoms with van der Waals surface area (Å²) in [6.07, 6.45) is 8.96. The van der Waals surface area contributed by atoms with E-state index in [0.717, 1.165) is 38.5 Å². The number of carbonyl (C=O) groups excluding carboxylic acids is 2. The lowest BCUT2D eigenvalue weighted by Gasteiger charge is -2.66. The maximum Gasteiger partial charge on any atom is 0.309 e. The van der Waals surface area contributed by atoms with Crippen molar-refractivity contribution >= 4 is 23.7 Å². The second kappa shape index (κ2) is 10.2. The minimum absolute atomic E-state index is 0.0128. The van der Waals surface area contributed by atoms with Crippen LogP contribution >= 0.6 is 0 Å². The van der Waals surface area contributed by atoms with E-state index in [1.165, 1.54) is 5.57 Å². The van der Waals surface area contributed by atoms with E-state index >= 15 is 0 Å². The van der Waals surface area contributed by atoms with Crippen LogP contribution in [0, 0.1) is 56.7 Å². The highest BCUT2D eigenvalue weighted by Gasteiger charge is 2.67. The molecule has 0 aromatic carbocycles. The largest absolute Gasteiger partial charge is 0.481 e. The van der Waals surface area contributed by atoms with Crippen LogP contribution in [0.2, 0.25) is 0 Å². The fraction of sp³-hybridized carbons (Fsp3) is 0.829. The topological polar surface area (TPSA) is 118 Å². The van der Waals surface area contributed by atoms with Crippen molar-refractivity contribution in [3.05, 3.63) is 11.6 Å². The van der Waals surface area contributed by atoms with Crippen LogP contribution in [0.15, 0.2) is 11.6 Å². The summed E-state index contributed by atoms with van der Waals surface area (Å²) in [4.78, 5) is 50.4. The molecule has 42 heavy (non-hydrogen) atoms. The van der Waals surface area contributed by atoms with Crippen molar-refractivity contribution < 1.29 is 34.1 Å². The number of aliphatic carboxylic acids is 2. The Labute approximate surface area is 251 Å². The third-order valence-corrected chi connectivity index (χ3v) is 13.6. The molecule has 7 nitrogen and oxygen atoms in total. The normalized spacial score (nSPS) is 46.1. The first kappa shape index (κ1) is 31.3. The fourth-order valence-electron chi connectivity index (χ4n) is 11.4. The van der Waals surface area contributed by atoms with Gasteiger partial charge < -0.3 is 14.9 Å². The number of ether oxygens (including phenoxy) is 1. The van der Waals surface area contributed by atoms with Crippen molar-refractivity contribution in [1.82, 2.24) is 0 Å². The number of rotatable bonds is 5. The molecule has 5 aliphatic rings. The lowest BCUT2D eigenvalue weighted by Crippen LogP contribution is -2.64. The molecule has 7 heteroatoms. The van der Waals surface area contributed by atoms with Crippen LogP contribution in [-0.2, 0) is 23.9 Å². The number of carboxylic acid groups (broad SMARTS) is 2. The molecule has 0 amide bonds. The molecule has 10 atom stereocenters. The van der Waals surface area contributed by atoms with Gasteiger partial charge in [-0.3, -0.25) is 19.2 Å². The third-order valence-electron chi connectivity index (χ3n) is 13.6. The number of ketones is 1. The van der Waals surface area contributed by atoms with Crippen LogP contribution in [-0.4, -0.2) is 40.0 Å². The van der Waals surface area contributed by atoms with Crippen LogP contribution in [0.25, 0.3) is 0 Å². The molecule has 0 aromatic rings. The zero-order chi connectivity index (χ0) is 31.0. The Kier molecular flexibility index (Phi) is 7.58. The van der Waals surface area contributed by atoms with Crippen molar-refractivity contribution in [1.29, 1.82) is 0 Å². The molecule has 0 bridgehead atoms. The summed E-state index contributed by atoms with van der Waals surface area (Å²) in [5, 5.41) is 19.2. The number of hydrogen-bond acceptors (Lipinski definition) is 5. The van der Waals surface area contributed by atoms with Crippen LogP contribution in [0.1, 0.15) is 119 Å². The molecule has 0 aromatic heterocycles. The summed E-state index contributed by atoms with van der Waals surface area (Å²) in [7, 11) is 0. The van der Waals surface area contributed by atoms with Gasteiger partial charge in [0.25, 0.3) is 0 Å². The standard InChI is InChI=1S/C35H52O7/c1-20-10-13-32(4)16-17-33(5,30(40)41)19-22(32)21-18-23(36)29-34(6)15-12-25(42-27(39)9-8-26(37)38)31(2,3)24(34)11-14-35(29,7)28(20)21/h18,20,22,24-25,28-29H,8-17,19H2,1-7H3,(H,37,38)(H,40,41)/t20?,22-,24-,25-,28?,29+,32-,33-,34-,35-/m0/s1. The summed E-state index contributed by atoms with van der Waals surface area (Å²) in [6.45, 7) is 15.6. The smallest absolute Gasteiger partial charge is 0.309 e. The summed E-state index contributed by atoms with van der Waals surface area (Å²) in [5.41, 5.74) is -0.332. The highest BCUT2D eigenvalue weighted by molar-refractivity contribution is 5.95. The molecule has 5 aliphatic carbocycles. The van der Waals surface area contributed by atoms with Crippen LogP contribution in [0.3, 0.4) is 0 Å². The first-order chi connectivity index (χ1) is 19.4. The molecular weight excluding hydrogens is 532 g/mol. The summed E-state index contributed by atoms with van der Waals surface area (Å²) >= 11 is 0. The van der Waals surface area contributed by atoms with Gasteiger partial charge in [0.1, 0.15) is 6.10 Å². The van der Waals surface area contributed by atoms with E-state index in [1.807, 2.05) is 13.0 Å². The van der Waals surface area contributed by atoms with Gasteiger partial charge in [-0.2, -0.15) is 0 Å². The molecule has 0 spiro atoms. The Morgan fingerprint density at radius 3 is 2.19 bits per heavy atom. The lowest BCUT2D eigenvalue weighted by molar-refractivity contribution is -0.201. The van der Waals surface area contributed by atoms with E-state index in [0.29, 0.717) is 25.2 Å². The molecule has 4 saturated carbocycles. The monoisotopic (exact) mass is 584 g/mol. The minimum Gasteiger partial charge on any atom is -0.481 e. The Hall–Kier alpha value is -2.18. The van der Waals surface area contributed by atoms with Crippen LogP contribution < -0.4 is 0 Å². The Morgan fingerprint density at radius 2 is 1.55 bits per heavy atom. The van der Waals surface area contributed by atoms with Gasteiger partial charge in [0.2, 0.25) is 0 Å². The quantitative estimate of drug-likeness (QED) is 0.332. The average Bonchev–Trinajstić information content (AvgIpc) is 2.99. The number of esters is 1. The van der Waals surface area contributed by atoms with E-state index in [2.05, 4.69) is 41.5 Å². The van der Waals surface area contributed by atoms with E-state index in [9.17, 15) is 24.3 Å². The first-order valence-electron chi connectivity index (χ1n) is 16.3. The number of carbonyl (C=O) groups is 4. The van der Waals surface area contributed by atoms with Crippen molar-refractivity contribution in [3.8, 4) is 0 Å². The summed E-state index contributed by atoms with van der Waals surface area (Å²) in [6, 6.07) is 0. The SMILES string of the molecule is CC1CC[C@@]2(C)CC[C@](C)(C(=O)O)C[C@H]2C2=CC(=O)[C@@H]3[C@@]4(C)CC[C@H](OC(=O)CCC(=O)O)C(C)(C)[C@@H]4CC[C@@]3(C)C21. The van der Waals surface area contributed by atoms with E-state index in [1.54, 1.807) is 0 Å². The molecule has 0 aliphatic heterocycles. The molecule has 2 N–H and O–H groups in total. The number of fused-ring (bicyclic) bond motifs is 7. The van der Waals surface area contributed by atoms with Crippen molar-refractivity contribution in [2.45, 2.75) is 125 Å². The van der Waals surface area contributed by atoms with Gasteiger partial charge in [-0.15, -0.1) is 0 Å². The molecule has 4 fully saturated rings. The van der Waals surface area contributed by atoms with Gasteiger partial charge >= 0.3 is 17.9 Å². The van der Waals surface area contributed by atoms with Crippen molar-refractivity contribution in [3.63, 3.8) is 0 Å². The molecule has 5 rings (SSSR count). The number of carboxylic acids is 2. The predicted molar refractivity (Wildman–Crippen MR) is 158 cm³/mol. The number of hydrogen-bond donors (Lipinski definition) is 2. The van der Waals surface area contributed by atoms with Gasteiger partial charge in [0.05, 0.1) is 18.3 Å². The lowest BCUT2D eigenvalue weighted by atomic mass is 9.38. The molecule has 234 valence electrons. The van der Waals surface area contributed by atoms with Gasteiger partial charge in [0.15, 0.2) is 5.78 Å². The van der Waals surface area contributed by atoms with Crippen molar-refractivity contribution in [2.24, 2.45) is 56.7 Å². The Morgan fingerprint density at radius 1 is 0.881 bits per heavy atom. The van der Waals surface area contributed by atoms with Crippen LogP contribution in [0.4, 0.5) is 0 Å². The third kappa shape index (κ3) is 4.67. The van der Waals surface area contributed by atoms with E-state index in [4.69, 9.17) is 9.84 Å². The zero-order valence-corrected chi connectivity index (χ0v) is 26.8. The Bertz CT molecular complexity index is 1200. The van der Waals surface area contributed by atoms with Crippen LogP contribution in [0.5, 0.6) is 0 Å². The molecular formula is C35H52O7. The first-order valence-corrected chi connectivity index (χ1v) is 16.3. The second-order valence-corrected chi connectivity index (χ2v) is 16.6. The maximum absolute atomic E-state index is 14.5. The molecule has 0 radical (unpaired) electrons. The number of allylic oxidation sites excluding steroid dienone is 2. The Balaban J connectivity index is 1.50. The van der Waals surface area contributed by atoms with Gasteiger partial charge in [0, 0.05) is 11.3 Å². The van der Waals surface area contributed by atoms with Crippen molar-refractivity contribution in [2.75, 3.05) is 0 Å². The molecule has 0 saturated heterocycles. The predicted octanol–water partition coefficient (Wildman–Crippen LogP) is 7.07. The van der Waals surface area contributed by atoms with E-state index in [-0.39, 0.29) is 70.1 Å². The van der Waals surface area contributed by atoms with Gasteiger partial charge in [-0.1, -0.05) is 47.1 Å². The zero-order valence-electron chi connectivity index (χ0n) is 26.8. The average molecular weight is 585 g/mol. The highest BCUT2D eigenvalue weighted by atomic mass is 16.5. The second-order valence-electron chi connectivity index (χ2n) is 16.6. The maximum atomic E-state index is 14.5. The summed E-state index contributed by atoms with van der Waals surface area (Å²) in [5.74, 6) is -1.17. The molecule has 2 unspecified atom stereocenters. The molecule has 0 heterocycles. The highest BCUT2D eigenvalue weighted by Crippen LogP contribution is 2.71.